The summed E-state index contributed by atoms with van der Waals surface area (Å²) in [5.74, 6) is -0.749. The minimum absolute atomic E-state index is 0.103. The standard InChI is InChI=1S/C17H30O3/c1-3-4-5-6-7-8-10-13-16(20-2)14-11-9-12-15-17(18)19/h9-11,13,16H,3-8,12,14-15H2,1-2H3,(H,18,19)/b11-9+,13-10+. The van der Waals surface area contributed by atoms with Crippen LogP contribution in [0.2, 0.25) is 0 Å². The summed E-state index contributed by atoms with van der Waals surface area (Å²) in [5.41, 5.74) is 0. The molecule has 0 aliphatic heterocycles. The van der Waals surface area contributed by atoms with Crippen LogP contribution in [0.5, 0.6) is 0 Å². The molecule has 0 bridgehead atoms. The Morgan fingerprint density at radius 2 is 1.85 bits per heavy atom. The number of carboxylic acids is 1. The fourth-order valence-electron chi connectivity index (χ4n) is 1.92. The summed E-state index contributed by atoms with van der Waals surface area (Å²) >= 11 is 0. The maximum Gasteiger partial charge on any atom is 0.303 e. The topological polar surface area (TPSA) is 46.5 Å². The van der Waals surface area contributed by atoms with Crippen LogP contribution >= 0.6 is 0 Å². The second kappa shape index (κ2) is 14.3. The van der Waals surface area contributed by atoms with Crippen LogP contribution in [-0.4, -0.2) is 24.3 Å². The Bertz CT molecular complexity index is 282. The van der Waals surface area contributed by atoms with Crippen LogP contribution in [0.25, 0.3) is 0 Å². The van der Waals surface area contributed by atoms with Gasteiger partial charge in [-0.15, -0.1) is 0 Å². The first-order valence-electron chi connectivity index (χ1n) is 7.77. The molecule has 0 radical (unpaired) electrons. The molecule has 0 saturated carbocycles. The van der Waals surface area contributed by atoms with Gasteiger partial charge in [-0.3, -0.25) is 4.79 Å². The number of unbranched alkanes of at least 4 members (excludes halogenated alkanes) is 5. The summed E-state index contributed by atoms with van der Waals surface area (Å²) in [6.45, 7) is 2.23. The van der Waals surface area contributed by atoms with Crippen molar-refractivity contribution in [1.82, 2.24) is 0 Å². The monoisotopic (exact) mass is 282 g/mol. The molecule has 0 aromatic heterocycles. The van der Waals surface area contributed by atoms with Crippen molar-refractivity contribution in [2.75, 3.05) is 7.11 Å². The summed E-state index contributed by atoms with van der Waals surface area (Å²) in [6.07, 6.45) is 17.6. The van der Waals surface area contributed by atoms with Gasteiger partial charge in [0.25, 0.3) is 0 Å². The van der Waals surface area contributed by atoms with Crippen molar-refractivity contribution < 1.29 is 14.6 Å². The average molecular weight is 282 g/mol. The molecule has 0 aromatic carbocycles. The molecular weight excluding hydrogens is 252 g/mol. The third-order valence-electron chi connectivity index (χ3n) is 3.19. The Morgan fingerprint density at radius 3 is 2.50 bits per heavy atom. The van der Waals surface area contributed by atoms with E-state index < -0.39 is 5.97 Å². The zero-order valence-electron chi connectivity index (χ0n) is 13.0. The zero-order valence-corrected chi connectivity index (χ0v) is 13.0. The van der Waals surface area contributed by atoms with Crippen molar-refractivity contribution in [2.45, 2.75) is 70.8 Å². The first kappa shape index (κ1) is 18.9. The smallest absolute Gasteiger partial charge is 0.303 e. The van der Waals surface area contributed by atoms with Crippen molar-refractivity contribution in [3.05, 3.63) is 24.3 Å². The number of rotatable bonds is 13. The Hall–Kier alpha value is -1.09. The second-order valence-electron chi connectivity index (χ2n) is 5.04. The molecule has 0 amide bonds. The fraction of sp³-hybridized carbons (Fsp3) is 0.706. The van der Waals surface area contributed by atoms with Crippen LogP contribution in [-0.2, 0) is 9.53 Å². The summed E-state index contributed by atoms with van der Waals surface area (Å²) < 4.78 is 5.37. The predicted octanol–water partition coefficient (Wildman–Crippen LogP) is 4.73. The van der Waals surface area contributed by atoms with E-state index in [0.29, 0.717) is 6.42 Å². The lowest BCUT2D eigenvalue weighted by Gasteiger charge is -2.07. The SMILES string of the molecule is CCCCCCC/C=C/C(C/C=C/CCC(=O)O)OC. The lowest BCUT2D eigenvalue weighted by molar-refractivity contribution is -0.136. The maximum absolute atomic E-state index is 10.4. The molecule has 0 aromatic rings. The van der Waals surface area contributed by atoms with Gasteiger partial charge in [0, 0.05) is 13.5 Å². The number of hydrogen-bond acceptors (Lipinski definition) is 2. The van der Waals surface area contributed by atoms with Gasteiger partial charge in [0.05, 0.1) is 6.10 Å². The van der Waals surface area contributed by atoms with Crippen molar-refractivity contribution in [3.63, 3.8) is 0 Å². The number of carbonyl (C=O) groups is 1. The van der Waals surface area contributed by atoms with Gasteiger partial charge >= 0.3 is 5.97 Å². The molecular formula is C17H30O3. The maximum atomic E-state index is 10.4. The molecule has 0 heterocycles. The molecule has 3 nitrogen and oxygen atoms in total. The van der Waals surface area contributed by atoms with Gasteiger partial charge in [-0.05, 0) is 25.7 Å². The normalized spacial score (nSPS) is 13.3. The molecule has 0 aliphatic rings. The number of methoxy groups -OCH3 is 1. The van der Waals surface area contributed by atoms with Gasteiger partial charge in [0.1, 0.15) is 0 Å². The quantitative estimate of drug-likeness (QED) is 0.392. The fourth-order valence-corrected chi connectivity index (χ4v) is 1.92. The third kappa shape index (κ3) is 13.3. The molecule has 1 N–H and O–H groups in total. The summed E-state index contributed by atoms with van der Waals surface area (Å²) in [5, 5.41) is 8.52. The lowest BCUT2D eigenvalue weighted by atomic mass is 10.1. The number of hydrogen-bond donors (Lipinski definition) is 1. The van der Waals surface area contributed by atoms with Crippen molar-refractivity contribution in [3.8, 4) is 0 Å². The number of carboxylic acid groups (broad SMARTS) is 1. The first-order valence-corrected chi connectivity index (χ1v) is 7.77. The number of ether oxygens (including phenoxy) is 1. The first-order chi connectivity index (χ1) is 9.70. The molecule has 116 valence electrons. The minimum atomic E-state index is -0.749. The largest absolute Gasteiger partial charge is 0.481 e. The minimum Gasteiger partial charge on any atom is -0.481 e. The highest BCUT2D eigenvalue weighted by atomic mass is 16.5. The Labute approximate surface area is 123 Å². The molecule has 20 heavy (non-hydrogen) atoms. The average Bonchev–Trinajstić information content (AvgIpc) is 2.43. The van der Waals surface area contributed by atoms with Crippen molar-refractivity contribution in [2.24, 2.45) is 0 Å². The van der Waals surface area contributed by atoms with Gasteiger partial charge in [-0.2, -0.15) is 0 Å². The van der Waals surface area contributed by atoms with E-state index >= 15 is 0 Å². The number of allylic oxidation sites excluding steroid dienone is 2. The van der Waals surface area contributed by atoms with E-state index in [1.165, 1.54) is 32.1 Å². The molecule has 0 rings (SSSR count). The Morgan fingerprint density at radius 1 is 1.10 bits per heavy atom. The molecule has 3 heteroatoms. The highest BCUT2D eigenvalue weighted by Crippen LogP contribution is 2.07. The second-order valence-corrected chi connectivity index (χ2v) is 5.04. The predicted molar refractivity (Wildman–Crippen MR) is 83.9 cm³/mol. The number of aliphatic carboxylic acids is 1. The molecule has 1 atom stereocenters. The van der Waals surface area contributed by atoms with Gasteiger partial charge in [0.2, 0.25) is 0 Å². The Balaban J connectivity index is 3.66. The van der Waals surface area contributed by atoms with Crippen molar-refractivity contribution in [1.29, 1.82) is 0 Å². The van der Waals surface area contributed by atoms with E-state index in [1.807, 2.05) is 12.2 Å². The third-order valence-corrected chi connectivity index (χ3v) is 3.19. The molecule has 1 unspecified atom stereocenters. The molecule has 0 fully saturated rings. The van der Waals surface area contributed by atoms with Crippen LogP contribution < -0.4 is 0 Å². The van der Waals surface area contributed by atoms with E-state index in [2.05, 4.69) is 19.1 Å². The van der Waals surface area contributed by atoms with Crippen LogP contribution in [0.15, 0.2) is 24.3 Å². The van der Waals surface area contributed by atoms with Gasteiger partial charge in [0.15, 0.2) is 0 Å². The highest BCUT2D eigenvalue weighted by molar-refractivity contribution is 5.66. The zero-order chi connectivity index (χ0) is 15.1. The van der Waals surface area contributed by atoms with Crippen LogP contribution in [0.3, 0.4) is 0 Å². The van der Waals surface area contributed by atoms with Crippen LogP contribution in [0, 0.1) is 0 Å². The summed E-state index contributed by atoms with van der Waals surface area (Å²) in [7, 11) is 1.71. The summed E-state index contributed by atoms with van der Waals surface area (Å²) in [4.78, 5) is 10.4. The van der Waals surface area contributed by atoms with Gasteiger partial charge in [-0.25, -0.2) is 0 Å². The molecule has 0 saturated heterocycles. The van der Waals surface area contributed by atoms with E-state index in [1.54, 1.807) is 7.11 Å². The van der Waals surface area contributed by atoms with E-state index in [-0.39, 0.29) is 12.5 Å². The van der Waals surface area contributed by atoms with Crippen LogP contribution in [0.4, 0.5) is 0 Å². The van der Waals surface area contributed by atoms with Crippen molar-refractivity contribution >= 4 is 5.97 Å². The van der Waals surface area contributed by atoms with E-state index in [4.69, 9.17) is 9.84 Å². The van der Waals surface area contributed by atoms with Crippen LogP contribution in [0.1, 0.15) is 64.7 Å². The van der Waals surface area contributed by atoms with E-state index in [0.717, 1.165) is 12.8 Å². The van der Waals surface area contributed by atoms with Gasteiger partial charge < -0.3 is 9.84 Å². The lowest BCUT2D eigenvalue weighted by Crippen LogP contribution is -2.04. The molecule has 0 aliphatic carbocycles. The van der Waals surface area contributed by atoms with Gasteiger partial charge in [-0.1, -0.05) is 56.9 Å². The highest BCUT2D eigenvalue weighted by Gasteiger charge is 1.99. The Kier molecular flexibility index (Phi) is 13.5. The van der Waals surface area contributed by atoms with E-state index in [9.17, 15) is 4.79 Å². The summed E-state index contributed by atoms with van der Waals surface area (Å²) in [6, 6.07) is 0. The molecule has 0 spiro atoms.